The summed E-state index contributed by atoms with van der Waals surface area (Å²) in [4.78, 5) is 34.4. The Kier molecular flexibility index (Phi) is 11.0. The van der Waals surface area contributed by atoms with Crippen molar-refractivity contribution in [2.75, 3.05) is 5.75 Å². The van der Waals surface area contributed by atoms with Gasteiger partial charge in [0.15, 0.2) is 0 Å². The van der Waals surface area contributed by atoms with Crippen LogP contribution in [0.2, 0.25) is 0 Å². The van der Waals surface area contributed by atoms with Gasteiger partial charge in [0.05, 0.1) is 24.1 Å². The second kappa shape index (κ2) is 12.1. The number of nitrogens with one attached hydrogen (secondary N) is 3. The van der Waals surface area contributed by atoms with Gasteiger partial charge in [-0.1, -0.05) is 32.6 Å². The Morgan fingerprint density at radius 2 is 2.04 bits per heavy atom. The topological polar surface area (TPSA) is 110 Å². The van der Waals surface area contributed by atoms with Crippen molar-refractivity contribution in [3.8, 4) is 0 Å². The van der Waals surface area contributed by atoms with Crippen LogP contribution < -0.4 is 50.6 Å². The molecular weight excluding hydrogens is 365 g/mol. The first kappa shape index (κ1) is 23.6. The molecule has 2 fully saturated rings. The van der Waals surface area contributed by atoms with E-state index in [4.69, 9.17) is 0 Å². The van der Waals surface area contributed by atoms with E-state index < -0.39 is 12.0 Å². The summed E-state index contributed by atoms with van der Waals surface area (Å²) in [6.45, 7) is 2.05. The zero-order chi connectivity index (χ0) is 18.2. The van der Waals surface area contributed by atoms with E-state index in [0.29, 0.717) is 18.1 Å². The van der Waals surface area contributed by atoms with Crippen LogP contribution in [0, 0.1) is 0 Å². The van der Waals surface area contributed by atoms with Crippen molar-refractivity contribution < 1.29 is 49.0 Å². The molecule has 2 aliphatic heterocycles. The summed E-state index contributed by atoms with van der Waals surface area (Å²) in [6.07, 6.45) is 6.03. The number of unbranched alkanes of at least 4 members (excludes halogenated alkanes) is 3. The summed E-state index contributed by atoms with van der Waals surface area (Å²) in [7, 11) is 0. The molecule has 4 atom stereocenters. The number of carbonyl (C=O) groups is 3. The quantitative estimate of drug-likeness (QED) is 0.205. The molecule has 1 unspecified atom stereocenters. The van der Waals surface area contributed by atoms with E-state index in [1.807, 2.05) is 18.7 Å². The van der Waals surface area contributed by atoms with Gasteiger partial charge in [0.1, 0.15) is 0 Å². The van der Waals surface area contributed by atoms with Crippen molar-refractivity contribution >= 4 is 29.7 Å². The van der Waals surface area contributed by atoms with E-state index in [0.717, 1.165) is 44.3 Å². The van der Waals surface area contributed by atoms with Gasteiger partial charge in [0, 0.05) is 17.4 Å². The van der Waals surface area contributed by atoms with Gasteiger partial charge in [-0.3, -0.25) is 4.79 Å². The number of fused-ring (bicyclic) bond motifs is 1. The summed E-state index contributed by atoms with van der Waals surface area (Å²) in [6, 6.07) is -0.564. The number of thioether (sulfide) groups is 1. The molecule has 0 aromatic carbocycles. The molecule has 9 heteroatoms. The first-order valence-electron chi connectivity index (χ1n) is 9.20. The second-order valence-electron chi connectivity index (χ2n) is 6.80. The summed E-state index contributed by atoms with van der Waals surface area (Å²) in [5, 5.41) is 19.9. The number of aliphatic carboxylic acids is 1. The van der Waals surface area contributed by atoms with Crippen LogP contribution in [-0.4, -0.2) is 47.0 Å². The molecule has 2 saturated heterocycles. The largest absolute Gasteiger partial charge is 1.00 e. The summed E-state index contributed by atoms with van der Waals surface area (Å²) in [5.41, 5.74) is 0. The van der Waals surface area contributed by atoms with Crippen LogP contribution in [0.3, 0.4) is 0 Å². The molecule has 142 valence electrons. The Morgan fingerprint density at radius 3 is 2.73 bits per heavy atom. The molecule has 2 rings (SSSR count). The zero-order valence-electron chi connectivity index (χ0n) is 15.7. The standard InChI is InChI=1S/C17H29N3O4S.Na/c1-2-3-4-7-11(16(22)23)18-14(21)9-6-5-8-13-15-12(10-25-13)19-17(24)20-15;/h11-13,15H,2-10H2,1H3,(H,18,21)(H,22,23)(H2,19,20,24);/q;+1/p-1/t11?,12-,13-,15-;/m0./s1. The number of amides is 3. The van der Waals surface area contributed by atoms with Gasteiger partial charge in [-0.15, -0.1) is 0 Å². The molecule has 0 radical (unpaired) electrons. The van der Waals surface area contributed by atoms with Crippen LogP contribution in [0.4, 0.5) is 4.79 Å². The maximum atomic E-state index is 11.9. The minimum atomic E-state index is -1.21. The van der Waals surface area contributed by atoms with E-state index in [1.54, 1.807) is 0 Å². The molecule has 0 bridgehead atoms. The van der Waals surface area contributed by atoms with Crippen molar-refractivity contribution in [3.05, 3.63) is 0 Å². The fourth-order valence-corrected chi connectivity index (χ4v) is 4.93. The van der Waals surface area contributed by atoms with E-state index in [1.165, 1.54) is 0 Å². The molecule has 0 saturated carbocycles. The molecule has 26 heavy (non-hydrogen) atoms. The molecule has 0 aromatic rings. The monoisotopic (exact) mass is 393 g/mol. The predicted octanol–water partition coefficient (Wildman–Crippen LogP) is -2.47. The summed E-state index contributed by atoms with van der Waals surface area (Å²) < 4.78 is 0. The van der Waals surface area contributed by atoms with Crippen LogP contribution in [0.5, 0.6) is 0 Å². The Bertz CT molecular complexity index is 495. The first-order chi connectivity index (χ1) is 12.0. The van der Waals surface area contributed by atoms with E-state index >= 15 is 0 Å². The van der Waals surface area contributed by atoms with Crippen LogP contribution in [0.25, 0.3) is 0 Å². The zero-order valence-corrected chi connectivity index (χ0v) is 18.5. The van der Waals surface area contributed by atoms with Gasteiger partial charge in [-0.05, 0) is 19.3 Å². The average Bonchev–Trinajstić information content (AvgIpc) is 3.10. The predicted molar refractivity (Wildman–Crippen MR) is 95.0 cm³/mol. The van der Waals surface area contributed by atoms with Crippen molar-refractivity contribution in [2.45, 2.75) is 81.7 Å². The van der Waals surface area contributed by atoms with Gasteiger partial charge < -0.3 is 25.9 Å². The van der Waals surface area contributed by atoms with Gasteiger partial charge >= 0.3 is 35.6 Å². The van der Waals surface area contributed by atoms with Gasteiger partial charge in [-0.2, -0.15) is 11.8 Å². The minimum absolute atomic E-state index is 0. The first-order valence-corrected chi connectivity index (χ1v) is 10.2. The fourth-order valence-electron chi connectivity index (χ4n) is 3.39. The van der Waals surface area contributed by atoms with Crippen LogP contribution in [0.1, 0.15) is 58.3 Å². The number of carbonyl (C=O) groups excluding carboxylic acids is 3. The van der Waals surface area contributed by atoms with Crippen molar-refractivity contribution in [1.29, 1.82) is 0 Å². The Morgan fingerprint density at radius 1 is 1.27 bits per heavy atom. The van der Waals surface area contributed by atoms with Gasteiger partial charge in [-0.25, -0.2) is 4.79 Å². The molecule has 2 aliphatic rings. The van der Waals surface area contributed by atoms with Gasteiger partial charge in [0.2, 0.25) is 5.91 Å². The molecule has 0 aliphatic carbocycles. The van der Waals surface area contributed by atoms with E-state index in [9.17, 15) is 19.5 Å². The Labute approximate surface area is 181 Å². The normalized spacial score (nSPS) is 24.8. The molecular formula is C17H28N3NaO4S. The molecule has 3 amide bonds. The smallest absolute Gasteiger partial charge is 0.548 e. The van der Waals surface area contributed by atoms with Crippen LogP contribution in [-0.2, 0) is 9.59 Å². The van der Waals surface area contributed by atoms with Crippen molar-refractivity contribution in [1.82, 2.24) is 16.0 Å². The third kappa shape index (κ3) is 7.29. The third-order valence-electron chi connectivity index (χ3n) is 4.80. The van der Waals surface area contributed by atoms with Crippen molar-refractivity contribution in [2.24, 2.45) is 0 Å². The summed E-state index contributed by atoms with van der Waals surface area (Å²) in [5.74, 6) is -0.500. The molecule has 3 N–H and O–H groups in total. The molecule has 7 nitrogen and oxygen atoms in total. The molecule has 0 spiro atoms. The minimum Gasteiger partial charge on any atom is -0.548 e. The van der Waals surface area contributed by atoms with E-state index in [2.05, 4.69) is 16.0 Å². The number of urea groups is 1. The molecule has 0 aromatic heterocycles. The van der Waals surface area contributed by atoms with Gasteiger partial charge in [0.25, 0.3) is 0 Å². The third-order valence-corrected chi connectivity index (χ3v) is 6.31. The Balaban J connectivity index is 0.00000338. The SMILES string of the molecule is CCCCCC(NC(=O)CCCC[C@@H]1SC[C@@H]2NC(=O)N[C@@H]21)C(=O)[O-].[Na+]. The second-order valence-corrected chi connectivity index (χ2v) is 8.07. The summed E-state index contributed by atoms with van der Waals surface area (Å²) >= 11 is 1.86. The van der Waals surface area contributed by atoms with Crippen molar-refractivity contribution in [3.63, 3.8) is 0 Å². The number of rotatable bonds is 11. The van der Waals surface area contributed by atoms with Crippen LogP contribution >= 0.6 is 11.8 Å². The molecule has 2 heterocycles. The average molecular weight is 393 g/mol. The number of carboxylic acids is 1. The maximum absolute atomic E-state index is 11.9. The number of hydrogen-bond donors (Lipinski definition) is 3. The number of carboxylic acid groups (broad SMARTS) is 1. The maximum Gasteiger partial charge on any atom is 1.00 e. The fraction of sp³-hybridized carbons (Fsp3) is 0.824. The number of hydrogen-bond acceptors (Lipinski definition) is 5. The van der Waals surface area contributed by atoms with E-state index in [-0.39, 0.29) is 53.6 Å². The Hall–Kier alpha value is -0.440. The van der Waals surface area contributed by atoms with Crippen LogP contribution in [0.15, 0.2) is 0 Å².